The number of amides is 3. The summed E-state index contributed by atoms with van der Waals surface area (Å²) in [4.78, 5) is 29.4. The third kappa shape index (κ3) is 4.75. The molecule has 28 heavy (non-hydrogen) atoms. The number of hydrazine groups is 1. The van der Waals surface area contributed by atoms with Gasteiger partial charge in [0.2, 0.25) is 0 Å². The lowest BCUT2D eigenvalue weighted by molar-refractivity contribution is -0.0155. The van der Waals surface area contributed by atoms with Gasteiger partial charge in [-0.2, -0.15) is 0 Å². The lowest BCUT2D eigenvalue weighted by Crippen LogP contribution is -2.47. The minimum absolute atomic E-state index is 0.0157. The van der Waals surface area contributed by atoms with Crippen LogP contribution in [0, 0.1) is 5.82 Å². The van der Waals surface area contributed by atoms with Crippen LogP contribution < -0.4 is 16.6 Å². The minimum Gasteiger partial charge on any atom is -0.370 e. The van der Waals surface area contributed by atoms with Crippen LogP contribution in [-0.2, 0) is 11.3 Å². The average molecular weight is 408 g/mol. The Balaban J connectivity index is 1.56. The second kappa shape index (κ2) is 8.96. The molecule has 1 aliphatic heterocycles. The van der Waals surface area contributed by atoms with Crippen molar-refractivity contribution in [3.05, 3.63) is 64.2 Å². The van der Waals surface area contributed by atoms with Crippen LogP contribution in [0.4, 0.5) is 9.18 Å². The first-order valence-electron chi connectivity index (χ1n) is 8.53. The van der Waals surface area contributed by atoms with E-state index in [1.54, 1.807) is 17.0 Å². The molecule has 3 amide bonds. The molecule has 0 aliphatic carbocycles. The fraction of sp³-hybridized carbons (Fsp3) is 0.278. The number of ether oxygens (including phenoxy) is 1. The summed E-state index contributed by atoms with van der Waals surface area (Å²) in [5, 5.41) is 2.82. The largest absolute Gasteiger partial charge is 0.370 e. The molecule has 0 radical (unpaired) electrons. The number of hydrogen-bond acceptors (Lipinski definition) is 5. The van der Waals surface area contributed by atoms with Crippen molar-refractivity contribution in [1.29, 1.82) is 0 Å². The number of hydrogen-bond donors (Lipinski definition) is 3. The molecule has 0 bridgehead atoms. The molecule has 2 heterocycles. The van der Waals surface area contributed by atoms with Crippen molar-refractivity contribution in [2.75, 3.05) is 19.7 Å². The van der Waals surface area contributed by atoms with E-state index in [4.69, 9.17) is 22.2 Å². The number of nitrogens with zero attached hydrogens (tertiary/aromatic N) is 2. The van der Waals surface area contributed by atoms with Gasteiger partial charge in [-0.25, -0.2) is 15.0 Å². The molecular formula is C18H19ClFN5O3. The molecule has 4 N–H and O–H groups in total. The number of aromatic nitrogens is 1. The Labute approximate surface area is 165 Å². The van der Waals surface area contributed by atoms with Crippen LogP contribution >= 0.6 is 11.6 Å². The zero-order valence-electron chi connectivity index (χ0n) is 14.8. The van der Waals surface area contributed by atoms with Gasteiger partial charge in [0.25, 0.3) is 5.91 Å². The van der Waals surface area contributed by atoms with Gasteiger partial charge in [-0.05, 0) is 29.3 Å². The van der Waals surface area contributed by atoms with Gasteiger partial charge in [0.1, 0.15) is 17.6 Å². The predicted octanol–water partition coefficient (Wildman–Crippen LogP) is 1.76. The number of urea groups is 1. The number of carbonyl (C=O) groups is 2. The maximum absolute atomic E-state index is 13.3. The average Bonchev–Trinajstić information content (AvgIpc) is 2.73. The molecule has 0 saturated carbocycles. The van der Waals surface area contributed by atoms with Crippen molar-refractivity contribution in [3.63, 3.8) is 0 Å². The van der Waals surface area contributed by atoms with Crippen LogP contribution in [0.1, 0.15) is 27.7 Å². The first-order chi connectivity index (χ1) is 13.5. The van der Waals surface area contributed by atoms with E-state index < -0.39 is 11.7 Å². The maximum atomic E-state index is 13.3. The van der Waals surface area contributed by atoms with E-state index in [-0.39, 0.29) is 29.4 Å². The van der Waals surface area contributed by atoms with E-state index >= 15 is 0 Å². The lowest BCUT2D eigenvalue weighted by atomic mass is 10.1. The summed E-state index contributed by atoms with van der Waals surface area (Å²) in [6, 6.07) is 7.32. The van der Waals surface area contributed by atoms with Gasteiger partial charge in [-0.1, -0.05) is 23.7 Å². The molecule has 0 spiro atoms. The number of nitrogen functional groups attached to an aromatic ring is 1. The minimum atomic E-state index is -0.501. The number of nitrogens with one attached hydrogen (secondary N) is 2. The smallest absolute Gasteiger partial charge is 0.317 e. The van der Waals surface area contributed by atoms with E-state index in [1.807, 2.05) is 5.43 Å². The summed E-state index contributed by atoms with van der Waals surface area (Å²) >= 11 is 5.83. The Bertz CT molecular complexity index is 865. The van der Waals surface area contributed by atoms with Gasteiger partial charge >= 0.3 is 6.03 Å². The van der Waals surface area contributed by atoms with E-state index in [9.17, 15) is 14.0 Å². The summed E-state index contributed by atoms with van der Waals surface area (Å²) < 4.78 is 19.0. The SMILES string of the molecule is NNC(=O)c1ccc(CNC(=O)N2CCOC(c3ccc(F)c(Cl)c3)C2)cn1. The Morgan fingerprint density at radius 2 is 2.18 bits per heavy atom. The summed E-state index contributed by atoms with van der Waals surface area (Å²) in [5.41, 5.74) is 3.63. The molecule has 10 heteroatoms. The topological polar surface area (TPSA) is 110 Å². The highest BCUT2D eigenvalue weighted by molar-refractivity contribution is 6.30. The maximum Gasteiger partial charge on any atom is 0.317 e. The first-order valence-corrected chi connectivity index (χ1v) is 8.91. The standard InChI is InChI=1S/C18H19ClFN5O3/c19-13-7-12(2-3-14(13)20)16-10-25(5-6-28-16)18(27)23-9-11-1-4-15(22-8-11)17(26)24-21/h1-4,7-8,16H,5-6,9-10,21H2,(H,23,27)(H,24,26). The molecule has 8 nitrogen and oxygen atoms in total. The van der Waals surface area contributed by atoms with Crippen LogP contribution in [0.5, 0.6) is 0 Å². The molecule has 1 saturated heterocycles. The molecule has 2 aromatic rings. The third-order valence-electron chi connectivity index (χ3n) is 4.30. The van der Waals surface area contributed by atoms with Gasteiger partial charge in [-0.15, -0.1) is 0 Å². The molecule has 1 aromatic heterocycles. The molecule has 1 aliphatic rings. The van der Waals surface area contributed by atoms with Gasteiger partial charge in [-0.3, -0.25) is 15.2 Å². The van der Waals surface area contributed by atoms with Crippen LogP contribution in [0.3, 0.4) is 0 Å². The Hall–Kier alpha value is -2.75. The molecular weight excluding hydrogens is 389 g/mol. The third-order valence-corrected chi connectivity index (χ3v) is 4.59. The number of carbonyl (C=O) groups excluding carboxylic acids is 2. The van der Waals surface area contributed by atoms with Crippen LogP contribution in [0.25, 0.3) is 0 Å². The summed E-state index contributed by atoms with van der Waals surface area (Å²) in [6.07, 6.45) is 1.11. The lowest BCUT2D eigenvalue weighted by Gasteiger charge is -2.33. The Morgan fingerprint density at radius 3 is 2.86 bits per heavy atom. The van der Waals surface area contributed by atoms with Crippen molar-refractivity contribution in [2.24, 2.45) is 5.84 Å². The quantitative estimate of drug-likeness (QED) is 0.406. The molecule has 148 valence electrons. The fourth-order valence-electron chi connectivity index (χ4n) is 2.77. The monoisotopic (exact) mass is 407 g/mol. The highest BCUT2D eigenvalue weighted by atomic mass is 35.5. The van der Waals surface area contributed by atoms with Gasteiger partial charge in [0.05, 0.1) is 18.2 Å². The number of halogens is 2. The van der Waals surface area contributed by atoms with Crippen LogP contribution in [0.2, 0.25) is 5.02 Å². The van der Waals surface area contributed by atoms with Crippen molar-refractivity contribution in [2.45, 2.75) is 12.6 Å². The number of pyridine rings is 1. The van der Waals surface area contributed by atoms with Gasteiger partial charge in [0.15, 0.2) is 0 Å². The number of nitrogens with two attached hydrogens (primary N) is 1. The highest BCUT2D eigenvalue weighted by Gasteiger charge is 2.25. The van der Waals surface area contributed by atoms with Crippen molar-refractivity contribution in [1.82, 2.24) is 20.6 Å². The highest BCUT2D eigenvalue weighted by Crippen LogP contribution is 2.26. The van der Waals surface area contributed by atoms with E-state index in [1.165, 1.54) is 24.4 Å². The molecule has 1 atom stereocenters. The van der Waals surface area contributed by atoms with E-state index in [0.717, 1.165) is 5.56 Å². The van der Waals surface area contributed by atoms with Gasteiger partial charge in [0, 0.05) is 19.3 Å². The number of benzene rings is 1. The zero-order valence-corrected chi connectivity index (χ0v) is 15.6. The molecule has 1 unspecified atom stereocenters. The van der Waals surface area contributed by atoms with Gasteiger partial charge < -0.3 is 15.0 Å². The normalized spacial score (nSPS) is 16.5. The Kier molecular flexibility index (Phi) is 6.40. The second-order valence-corrected chi connectivity index (χ2v) is 6.57. The van der Waals surface area contributed by atoms with E-state index in [2.05, 4.69) is 10.3 Å². The van der Waals surface area contributed by atoms with Crippen molar-refractivity contribution < 1.29 is 18.7 Å². The summed E-state index contributed by atoms with van der Waals surface area (Å²) in [5.74, 6) is 4.06. The summed E-state index contributed by atoms with van der Waals surface area (Å²) in [6.45, 7) is 1.37. The molecule has 1 fully saturated rings. The van der Waals surface area contributed by atoms with Crippen LogP contribution in [-0.4, -0.2) is 41.5 Å². The van der Waals surface area contributed by atoms with Crippen molar-refractivity contribution >= 4 is 23.5 Å². The summed E-state index contributed by atoms with van der Waals surface area (Å²) in [7, 11) is 0. The number of morpholine rings is 1. The Morgan fingerprint density at radius 1 is 1.36 bits per heavy atom. The second-order valence-electron chi connectivity index (χ2n) is 6.16. The first kappa shape index (κ1) is 20.0. The van der Waals surface area contributed by atoms with Crippen LogP contribution in [0.15, 0.2) is 36.5 Å². The molecule has 1 aromatic carbocycles. The van der Waals surface area contributed by atoms with E-state index in [0.29, 0.717) is 25.3 Å². The predicted molar refractivity (Wildman–Crippen MR) is 99.8 cm³/mol. The number of rotatable bonds is 4. The fourth-order valence-corrected chi connectivity index (χ4v) is 2.96. The molecule has 3 rings (SSSR count). The van der Waals surface area contributed by atoms with Crippen molar-refractivity contribution in [3.8, 4) is 0 Å². The zero-order chi connectivity index (χ0) is 20.1.